The van der Waals surface area contributed by atoms with E-state index in [1.165, 1.54) is 11.1 Å². The molecule has 0 bridgehead atoms. The number of fused-ring (bicyclic) bond motifs is 1. The Balaban J connectivity index is 2.52. The van der Waals surface area contributed by atoms with Crippen LogP contribution in [0.15, 0.2) is 12.1 Å². The standard InChI is InChI=1S/C12H16O/c1-7(2)10-5-4-9-6-8(3)11(9)12(10)13/h4-5,7-8,13H,6H2,1-3H3/t8-/m0/s1. The molecular formula is C12H16O. The first kappa shape index (κ1) is 8.61. The molecule has 1 aromatic rings. The summed E-state index contributed by atoms with van der Waals surface area (Å²) in [5, 5.41) is 9.97. The summed E-state index contributed by atoms with van der Waals surface area (Å²) in [4.78, 5) is 0. The molecule has 0 saturated carbocycles. The van der Waals surface area contributed by atoms with Gasteiger partial charge in [-0.05, 0) is 29.4 Å². The molecule has 1 atom stereocenters. The van der Waals surface area contributed by atoms with Gasteiger partial charge in [0.15, 0.2) is 0 Å². The number of aromatic hydroxyl groups is 1. The average Bonchev–Trinajstić information content (AvgIpc) is 2.01. The van der Waals surface area contributed by atoms with Crippen LogP contribution in [-0.4, -0.2) is 5.11 Å². The average molecular weight is 176 g/mol. The summed E-state index contributed by atoms with van der Waals surface area (Å²) < 4.78 is 0. The van der Waals surface area contributed by atoms with Crippen LogP contribution >= 0.6 is 0 Å². The van der Waals surface area contributed by atoms with Gasteiger partial charge in [-0.15, -0.1) is 0 Å². The lowest BCUT2D eigenvalue weighted by atomic mass is 9.76. The predicted octanol–water partition coefficient (Wildman–Crippen LogP) is 3.18. The van der Waals surface area contributed by atoms with Crippen LogP contribution in [0.2, 0.25) is 0 Å². The maximum absolute atomic E-state index is 9.97. The van der Waals surface area contributed by atoms with Crippen molar-refractivity contribution in [2.24, 2.45) is 0 Å². The van der Waals surface area contributed by atoms with E-state index in [9.17, 15) is 5.11 Å². The number of hydrogen-bond acceptors (Lipinski definition) is 1. The fourth-order valence-corrected chi connectivity index (χ4v) is 2.16. The Morgan fingerprint density at radius 1 is 1.38 bits per heavy atom. The second-order valence-electron chi connectivity index (χ2n) is 4.34. The van der Waals surface area contributed by atoms with Gasteiger partial charge in [0.25, 0.3) is 0 Å². The molecule has 0 fully saturated rings. The molecule has 13 heavy (non-hydrogen) atoms. The van der Waals surface area contributed by atoms with E-state index in [0.717, 1.165) is 12.0 Å². The lowest BCUT2D eigenvalue weighted by Crippen LogP contribution is -2.15. The molecule has 1 aliphatic rings. The normalized spacial score (nSPS) is 19.8. The quantitative estimate of drug-likeness (QED) is 0.696. The fourth-order valence-electron chi connectivity index (χ4n) is 2.16. The van der Waals surface area contributed by atoms with Crippen molar-refractivity contribution < 1.29 is 5.11 Å². The summed E-state index contributed by atoms with van der Waals surface area (Å²) >= 11 is 0. The number of phenolic OH excluding ortho intramolecular Hbond substituents is 1. The third-order valence-corrected chi connectivity index (χ3v) is 2.98. The Labute approximate surface area is 79.4 Å². The highest BCUT2D eigenvalue weighted by Gasteiger charge is 2.27. The molecule has 1 heteroatoms. The van der Waals surface area contributed by atoms with Crippen LogP contribution in [0.1, 0.15) is 49.3 Å². The zero-order valence-electron chi connectivity index (χ0n) is 8.46. The van der Waals surface area contributed by atoms with E-state index >= 15 is 0 Å². The summed E-state index contributed by atoms with van der Waals surface area (Å²) in [6.45, 7) is 6.40. The van der Waals surface area contributed by atoms with Crippen molar-refractivity contribution in [1.29, 1.82) is 0 Å². The maximum atomic E-state index is 9.97. The van der Waals surface area contributed by atoms with E-state index in [1.54, 1.807) is 0 Å². The molecule has 0 amide bonds. The molecule has 0 aliphatic heterocycles. The van der Waals surface area contributed by atoms with Crippen molar-refractivity contribution >= 4 is 0 Å². The summed E-state index contributed by atoms with van der Waals surface area (Å²) in [6, 6.07) is 4.22. The van der Waals surface area contributed by atoms with Gasteiger partial charge < -0.3 is 5.11 Å². The van der Waals surface area contributed by atoms with Crippen molar-refractivity contribution in [3.63, 3.8) is 0 Å². The van der Waals surface area contributed by atoms with Crippen LogP contribution in [-0.2, 0) is 6.42 Å². The number of benzene rings is 1. The third-order valence-electron chi connectivity index (χ3n) is 2.98. The summed E-state index contributed by atoms with van der Waals surface area (Å²) in [5.74, 6) is 1.51. The first-order valence-corrected chi connectivity index (χ1v) is 4.96. The van der Waals surface area contributed by atoms with Crippen LogP contribution in [0.3, 0.4) is 0 Å². The van der Waals surface area contributed by atoms with E-state index < -0.39 is 0 Å². The van der Waals surface area contributed by atoms with Crippen molar-refractivity contribution in [3.8, 4) is 5.75 Å². The van der Waals surface area contributed by atoms with Gasteiger partial charge in [0.05, 0.1) is 0 Å². The molecule has 0 aromatic heterocycles. The molecule has 0 spiro atoms. The lowest BCUT2D eigenvalue weighted by Gasteiger charge is -2.29. The minimum absolute atomic E-state index is 0.415. The summed E-state index contributed by atoms with van der Waals surface area (Å²) in [7, 11) is 0. The van der Waals surface area contributed by atoms with E-state index in [0.29, 0.717) is 17.6 Å². The van der Waals surface area contributed by atoms with Crippen LogP contribution in [0.25, 0.3) is 0 Å². The van der Waals surface area contributed by atoms with Crippen LogP contribution < -0.4 is 0 Å². The van der Waals surface area contributed by atoms with Crippen LogP contribution in [0.4, 0.5) is 0 Å². The maximum Gasteiger partial charge on any atom is 0.122 e. The van der Waals surface area contributed by atoms with Gasteiger partial charge in [0.1, 0.15) is 5.75 Å². The van der Waals surface area contributed by atoms with Gasteiger partial charge in [-0.1, -0.05) is 32.9 Å². The third kappa shape index (κ3) is 1.14. The molecule has 1 aliphatic carbocycles. The van der Waals surface area contributed by atoms with E-state index in [1.807, 2.05) is 0 Å². The van der Waals surface area contributed by atoms with Gasteiger partial charge >= 0.3 is 0 Å². The molecule has 1 N–H and O–H groups in total. The summed E-state index contributed by atoms with van der Waals surface area (Å²) in [6.07, 6.45) is 1.13. The largest absolute Gasteiger partial charge is 0.507 e. The second kappa shape index (κ2) is 2.76. The highest BCUT2D eigenvalue weighted by molar-refractivity contribution is 5.53. The number of rotatable bonds is 1. The zero-order valence-corrected chi connectivity index (χ0v) is 8.46. The Bertz CT molecular complexity index is 339. The Morgan fingerprint density at radius 2 is 2.08 bits per heavy atom. The highest BCUT2D eigenvalue weighted by atomic mass is 16.3. The van der Waals surface area contributed by atoms with E-state index in [2.05, 4.69) is 32.9 Å². The van der Waals surface area contributed by atoms with Gasteiger partial charge in [-0.2, -0.15) is 0 Å². The van der Waals surface area contributed by atoms with Crippen LogP contribution in [0.5, 0.6) is 5.75 Å². The minimum atomic E-state index is 0.415. The molecule has 0 heterocycles. The number of hydrogen-bond donors (Lipinski definition) is 1. The van der Waals surface area contributed by atoms with Crippen LogP contribution in [0, 0.1) is 0 Å². The Hall–Kier alpha value is -0.980. The van der Waals surface area contributed by atoms with Crippen molar-refractivity contribution in [1.82, 2.24) is 0 Å². The van der Waals surface area contributed by atoms with Gasteiger partial charge in [0, 0.05) is 5.56 Å². The first-order chi connectivity index (χ1) is 6.11. The van der Waals surface area contributed by atoms with Crippen molar-refractivity contribution in [3.05, 3.63) is 28.8 Å². The smallest absolute Gasteiger partial charge is 0.122 e. The first-order valence-electron chi connectivity index (χ1n) is 4.96. The zero-order chi connectivity index (χ0) is 9.59. The SMILES string of the molecule is CC(C)c1ccc2c(c1O)[C@@H](C)C2. The highest BCUT2D eigenvalue weighted by Crippen LogP contribution is 2.44. The van der Waals surface area contributed by atoms with Crippen molar-refractivity contribution in [2.45, 2.75) is 39.0 Å². The molecule has 0 radical (unpaired) electrons. The topological polar surface area (TPSA) is 20.2 Å². The van der Waals surface area contributed by atoms with Gasteiger partial charge in [-0.3, -0.25) is 0 Å². The molecule has 1 aromatic carbocycles. The molecule has 0 unspecified atom stereocenters. The molecular weight excluding hydrogens is 160 g/mol. The monoisotopic (exact) mass is 176 g/mol. The second-order valence-corrected chi connectivity index (χ2v) is 4.34. The van der Waals surface area contributed by atoms with Gasteiger partial charge in [0.2, 0.25) is 0 Å². The van der Waals surface area contributed by atoms with E-state index in [4.69, 9.17) is 0 Å². The predicted molar refractivity (Wildman–Crippen MR) is 54.3 cm³/mol. The Kier molecular flexibility index (Phi) is 1.83. The molecule has 1 nitrogen and oxygen atoms in total. The molecule has 2 rings (SSSR count). The Morgan fingerprint density at radius 3 is 2.62 bits per heavy atom. The minimum Gasteiger partial charge on any atom is -0.507 e. The fraction of sp³-hybridized carbons (Fsp3) is 0.500. The summed E-state index contributed by atoms with van der Waals surface area (Å²) in [5.41, 5.74) is 3.60. The molecule has 0 saturated heterocycles. The lowest BCUT2D eigenvalue weighted by molar-refractivity contribution is 0.441. The van der Waals surface area contributed by atoms with Gasteiger partial charge in [-0.25, -0.2) is 0 Å². The number of phenols is 1. The van der Waals surface area contributed by atoms with Crippen molar-refractivity contribution in [2.75, 3.05) is 0 Å². The van der Waals surface area contributed by atoms with E-state index in [-0.39, 0.29) is 0 Å². The molecule has 70 valence electrons.